The first kappa shape index (κ1) is 13.8. The second kappa shape index (κ2) is 6.00. The van der Waals surface area contributed by atoms with Crippen LogP contribution in [0.5, 0.6) is 0 Å². The Morgan fingerprint density at radius 1 is 1.42 bits per heavy atom. The fourth-order valence-corrected chi connectivity index (χ4v) is 2.37. The molecule has 0 unspecified atom stereocenters. The summed E-state index contributed by atoms with van der Waals surface area (Å²) in [4.78, 5) is 8.16. The van der Waals surface area contributed by atoms with Gasteiger partial charge in [0.25, 0.3) is 0 Å². The highest BCUT2D eigenvalue weighted by Crippen LogP contribution is 2.29. The molecule has 1 heterocycles. The van der Waals surface area contributed by atoms with Crippen LogP contribution in [-0.2, 0) is 6.42 Å². The highest BCUT2D eigenvalue weighted by molar-refractivity contribution is 9.10. The molecule has 19 heavy (non-hydrogen) atoms. The van der Waals surface area contributed by atoms with Crippen LogP contribution in [0.15, 0.2) is 29.0 Å². The molecule has 0 radical (unpaired) electrons. The molecule has 0 bridgehead atoms. The molecule has 0 atom stereocenters. The summed E-state index contributed by atoms with van der Waals surface area (Å²) in [6.45, 7) is 1.99. The van der Waals surface area contributed by atoms with E-state index < -0.39 is 0 Å². The summed E-state index contributed by atoms with van der Waals surface area (Å²) in [6.07, 6.45) is 2.15. The third-order valence-electron chi connectivity index (χ3n) is 2.60. The zero-order valence-corrected chi connectivity index (χ0v) is 12.5. The Balaban J connectivity index is 2.37. The molecule has 6 heteroatoms. The number of nitriles is 1. The minimum Gasteiger partial charge on any atom is -0.339 e. The van der Waals surface area contributed by atoms with Gasteiger partial charge in [0.05, 0.1) is 17.3 Å². The zero-order chi connectivity index (χ0) is 13.8. The van der Waals surface area contributed by atoms with Crippen LogP contribution in [0, 0.1) is 11.3 Å². The molecule has 1 aromatic carbocycles. The van der Waals surface area contributed by atoms with Crippen molar-refractivity contribution >= 4 is 39.0 Å². The number of hydrogen-bond donors (Lipinski definition) is 1. The smallest absolute Gasteiger partial charge is 0.138 e. The monoisotopic (exact) mass is 336 g/mol. The van der Waals surface area contributed by atoms with Crippen molar-refractivity contribution in [1.29, 1.82) is 5.26 Å². The van der Waals surface area contributed by atoms with Crippen molar-refractivity contribution in [3.05, 3.63) is 45.3 Å². The Kier molecular flexibility index (Phi) is 4.35. The van der Waals surface area contributed by atoms with Crippen LogP contribution >= 0.6 is 27.5 Å². The number of aromatic nitrogens is 2. The maximum Gasteiger partial charge on any atom is 0.138 e. The Morgan fingerprint density at radius 3 is 2.84 bits per heavy atom. The van der Waals surface area contributed by atoms with Gasteiger partial charge in [-0.25, -0.2) is 9.97 Å². The molecule has 0 saturated carbocycles. The van der Waals surface area contributed by atoms with E-state index in [2.05, 4.69) is 37.3 Å². The Hall–Kier alpha value is -1.64. The highest BCUT2D eigenvalue weighted by atomic mass is 79.9. The fraction of sp³-hybridized carbons (Fsp3) is 0.154. The fourth-order valence-electron chi connectivity index (χ4n) is 1.63. The summed E-state index contributed by atoms with van der Waals surface area (Å²) < 4.78 is 0.795. The average molecular weight is 338 g/mol. The van der Waals surface area contributed by atoms with Crippen LogP contribution in [0.2, 0.25) is 5.15 Å². The lowest BCUT2D eigenvalue weighted by Gasteiger charge is -2.11. The number of nitrogens with zero attached hydrogens (tertiary/aromatic N) is 3. The highest BCUT2D eigenvalue weighted by Gasteiger charge is 2.09. The molecule has 0 aliphatic heterocycles. The Labute approximate surface area is 124 Å². The van der Waals surface area contributed by atoms with Gasteiger partial charge in [-0.15, -0.1) is 0 Å². The van der Waals surface area contributed by atoms with Crippen molar-refractivity contribution in [1.82, 2.24) is 9.97 Å². The molecule has 0 spiro atoms. The lowest BCUT2D eigenvalue weighted by molar-refractivity contribution is 1.05. The number of rotatable bonds is 3. The summed E-state index contributed by atoms with van der Waals surface area (Å²) in [5, 5.41) is 12.5. The summed E-state index contributed by atoms with van der Waals surface area (Å²) in [6, 6.07) is 7.39. The lowest BCUT2D eigenvalue weighted by Crippen LogP contribution is -2.01. The average Bonchev–Trinajstić information content (AvgIpc) is 2.41. The van der Waals surface area contributed by atoms with Gasteiger partial charge in [0.2, 0.25) is 0 Å². The molecule has 96 valence electrons. The van der Waals surface area contributed by atoms with E-state index in [1.807, 2.05) is 13.0 Å². The molecule has 0 saturated heterocycles. The van der Waals surface area contributed by atoms with Crippen molar-refractivity contribution in [2.24, 2.45) is 0 Å². The molecule has 0 amide bonds. The Morgan fingerprint density at radius 2 is 2.21 bits per heavy atom. The number of anilines is 2. The third-order valence-corrected chi connectivity index (χ3v) is 3.58. The molecule has 0 aliphatic carbocycles. The van der Waals surface area contributed by atoms with Gasteiger partial charge < -0.3 is 5.32 Å². The van der Waals surface area contributed by atoms with Gasteiger partial charge in [-0.2, -0.15) is 5.26 Å². The van der Waals surface area contributed by atoms with Gasteiger partial charge in [0.15, 0.2) is 0 Å². The molecule has 2 aromatic rings. The standard InChI is InChI=1S/C13H10BrClN4/c1-2-9-12(15)17-7-18-13(9)19-11-4-3-8(6-16)5-10(11)14/h3-5,7H,2H2,1H3,(H,17,18,19). The SMILES string of the molecule is CCc1c(Cl)ncnc1Nc1ccc(C#N)cc1Br. The quantitative estimate of drug-likeness (QED) is 0.858. The van der Waals surface area contributed by atoms with Crippen LogP contribution in [0.4, 0.5) is 11.5 Å². The van der Waals surface area contributed by atoms with Crippen LogP contribution in [-0.4, -0.2) is 9.97 Å². The van der Waals surface area contributed by atoms with Crippen LogP contribution < -0.4 is 5.32 Å². The van der Waals surface area contributed by atoms with E-state index in [0.29, 0.717) is 16.5 Å². The minimum atomic E-state index is 0.449. The normalized spacial score (nSPS) is 10.0. The van der Waals surface area contributed by atoms with Gasteiger partial charge in [-0.3, -0.25) is 0 Å². The number of nitrogens with one attached hydrogen (secondary N) is 1. The Bertz CT molecular complexity index is 652. The first-order chi connectivity index (χ1) is 9.15. The molecule has 2 rings (SSSR count). The number of hydrogen-bond acceptors (Lipinski definition) is 4. The first-order valence-electron chi connectivity index (χ1n) is 5.61. The second-order valence-corrected chi connectivity index (χ2v) is 4.99. The van der Waals surface area contributed by atoms with Crippen LogP contribution in [0.25, 0.3) is 0 Å². The maximum absolute atomic E-state index is 8.83. The summed E-state index contributed by atoms with van der Waals surface area (Å²) in [5.41, 5.74) is 2.28. The predicted molar refractivity (Wildman–Crippen MR) is 78.6 cm³/mol. The van der Waals surface area contributed by atoms with Gasteiger partial charge in [-0.1, -0.05) is 18.5 Å². The van der Waals surface area contributed by atoms with E-state index in [9.17, 15) is 0 Å². The summed E-state index contributed by atoms with van der Waals surface area (Å²) in [5.74, 6) is 0.674. The van der Waals surface area contributed by atoms with Gasteiger partial charge in [0, 0.05) is 10.0 Å². The van der Waals surface area contributed by atoms with E-state index in [0.717, 1.165) is 22.1 Å². The molecule has 0 aliphatic rings. The van der Waals surface area contributed by atoms with Crippen molar-refractivity contribution in [3.8, 4) is 6.07 Å². The maximum atomic E-state index is 8.83. The molecule has 0 fully saturated rings. The van der Waals surface area contributed by atoms with Crippen LogP contribution in [0.3, 0.4) is 0 Å². The third kappa shape index (κ3) is 3.03. The minimum absolute atomic E-state index is 0.449. The molecular formula is C13H10BrClN4. The van der Waals surface area contributed by atoms with Gasteiger partial charge in [-0.05, 0) is 40.5 Å². The van der Waals surface area contributed by atoms with E-state index in [1.54, 1.807) is 12.1 Å². The first-order valence-corrected chi connectivity index (χ1v) is 6.78. The van der Waals surface area contributed by atoms with Gasteiger partial charge >= 0.3 is 0 Å². The van der Waals surface area contributed by atoms with E-state index >= 15 is 0 Å². The lowest BCUT2D eigenvalue weighted by atomic mass is 10.2. The predicted octanol–water partition coefficient (Wildman–Crippen LogP) is 4.07. The van der Waals surface area contributed by atoms with Gasteiger partial charge in [0.1, 0.15) is 17.3 Å². The number of benzene rings is 1. The van der Waals surface area contributed by atoms with E-state index in [1.165, 1.54) is 6.33 Å². The molecular weight excluding hydrogens is 328 g/mol. The van der Waals surface area contributed by atoms with E-state index in [4.69, 9.17) is 16.9 Å². The number of halogens is 2. The zero-order valence-electron chi connectivity index (χ0n) is 10.1. The second-order valence-electron chi connectivity index (χ2n) is 3.78. The summed E-state index contributed by atoms with van der Waals surface area (Å²) >= 11 is 9.46. The van der Waals surface area contributed by atoms with Crippen LogP contribution in [0.1, 0.15) is 18.1 Å². The molecule has 1 aromatic heterocycles. The topological polar surface area (TPSA) is 61.6 Å². The summed E-state index contributed by atoms with van der Waals surface area (Å²) in [7, 11) is 0. The van der Waals surface area contributed by atoms with E-state index in [-0.39, 0.29) is 0 Å². The largest absolute Gasteiger partial charge is 0.339 e. The van der Waals surface area contributed by atoms with Crippen molar-refractivity contribution in [2.45, 2.75) is 13.3 Å². The molecule has 4 nitrogen and oxygen atoms in total. The van der Waals surface area contributed by atoms with Crippen molar-refractivity contribution < 1.29 is 0 Å². The van der Waals surface area contributed by atoms with Crippen molar-refractivity contribution in [2.75, 3.05) is 5.32 Å². The van der Waals surface area contributed by atoms with Crippen molar-refractivity contribution in [3.63, 3.8) is 0 Å². The molecule has 1 N–H and O–H groups in total.